The fourth-order valence-corrected chi connectivity index (χ4v) is 2.28. The van der Waals surface area contributed by atoms with Gasteiger partial charge in [-0.2, -0.15) is 0 Å². The van der Waals surface area contributed by atoms with Gasteiger partial charge < -0.3 is 5.32 Å². The van der Waals surface area contributed by atoms with Crippen molar-refractivity contribution in [2.45, 2.75) is 33.1 Å². The van der Waals surface area contributed by atoms with E-state index in [4.69, 9.17) is 23.2 Å². The smallest absolute Gasteiger partial charge is 0.0595 e. The quantitative estimate of drug-likeness (QED) is 0.790. The molecule has 1 aromatic carbocycles. The van der Waals surface area contributed by atoms with Crippen molar-refractivity contribution in [3.63, 3.8) is 0 Å². The van der Waals surface area contributed by atoms with Crippen LogP contribution in [0.3, 0.4) is 0 Å². The lowest BCUT2D eigenvalue weighted by atomic mass is 9.85. The zero-order chi connectivity index (χ0) is 12.8. The lowest BCUT2D eigenvalue weighted by Crippen LogP contribution is -2.25. The third-order valence-electron chi connectivity index (χ3n) is 3.32. The van der Waals surface area contributed by atoms with Crippen molar-refractivity contribution in [1.29, 1.82) is 0 Å². The SMILES string of the molecule is CCNCC(c1ccc(Cl)c(Cl)c1)C(C)CC. The topological polar surface area (TPSA) is 12.0 Å². The van der Waals surface area contributed by atoms with Gasteiger partial charge >= 0.3 is 0 Å². The van der Waals surface area contributed by atoms with E-state index in [1.165, 1.54) is 5.56 Å². The second-order valence-corrected chi connectivity index (χ2v) is 5.29. The molecule has 0 saturated heterocycles. The molecule has 0 amide bonds. The van der Waals surface area contributed by atoms with Gasteiger partial charge in [-0.25, -0.2) is 0 Å². The van der Waals surface area contributed by atoms with Crippen LogP contribution in [0.1, 0.15) is 38.7 Å². The Kier molecular flexibility index (Phi) is 6.32. The van der Waals surface area contributed by atoms with Gasteiger partial charge in [0.15, 0.2) is 0 Å². The summed E-state index contributed by atoms with van der Waals surface area (Å²) >= 11 is 12.0. The number of halogens is 2. The Bertz CT molecular complexity index is 352. The molecule has 1 nitrogen and oxygen atoms in total. The van der Waals surface area contributed by atoms with Gasteiger partial charge in [0.25, 0.3) is 0 Å². The van der Waals surface area contributed by atoms with Crippen molar-refractivity contribution in [2.75, 3.05) is 13.1 Å². The Morgan fingerprint density at radius 2 is 1.88 bits per heavy atom. The van der Waals surface area contributed by atoms with Gasteiger partial charge in [0.05, 0.1) is 10.0 Å². The molecule has 2 atom stereocenters. The van der Waals surface area contributed by atoms with Crippen molar-refractivity contribution >= 4 is 23.2 Å². The molecule has 1 rings (SSSR count). The zero-order valence-corrected chi connectivity index (χ0v) is 12.3. The summed E-state index contributed by atoms with van der Waals surface area (Å²) in [5.74, 6) is 1.13. The third-order valence-corrected chi connectivity index (χ3v) is 4.06. The average molecular weight is 274 g/mol. The molecule has 0 aliphatic rings. The highest BCUT2D eigenvalue weighted by atomic mass is 35.5. The van der Waals surface area contributed by atoms with Gasteiger partial charge in [0.2, 0.25) is 0 Å². The maximum Gasteiger partial charge on any atom is 0.0595 e. The first-order valence-corrected chi connectivity index (χ1v) is 7.01. The summed E-state index contributed by atoms with van der Waals surface area (Å²) in [7, 11) is 0. The highest BCUT2D eigenvalue weighted by Crippen LogP contribution is 2.31. The number of likely N-dealkylation sites (N-methyl/N-ethyl adjacent to an activating group) is 1. The molecule has 1 N–H and O–H groups in total. The summed E-state index contributed by atoms with van der Waals surface area (Å²) in [5, 5.41) is 4.69. The maximum atomic E-state index is 6.09. The van der Waals surface area contributed by atoms with Crippen LogP contribution in [0, 0.1) is 5.92 Å². The van der Waals surface area contributed by atoms with Crippen LogP contribution in [-0.4, -0.2) is 13.1 Å². The van der Waals surface area contributed by atoms with Gasteiger partial charge in [0.1, 0.15) is 0 Å². The lowest BCUT2D eigenvalue weighted by molar-refractivity contribution is 0.424. The molecule has 0 radical (unpaired) electrons. The summed E-state index contributed by atoms with van der Waals surface area (Å²) in [5.41, 5.74) is 1.27. The van der Waals surface area contributed by atoms with E-state index in [9.17, 15) is 0 Å². The molecule has 3 heteroatoms. The largest absolute Gasteiger partial charge is 0.316 e. The van der Waals surface area contributed by atoms with E-state index in [0.717, 1.165) is 19.5 Å². The number of hydrogen-bond donors (Lipinski definition) is 1. The normalized spacial score (nSPS) is 14.6. The first-order chi connectivity index (χ1) is 8.10. The van der Waals surface area contributed by atoms with Gasteiger partial charge in [0, 0.05) is 6.54 Å². The number of rotatable bonds is 6. The summed E-state index contributed by atoms with van der Waals surface area (Å²) in [6.45, 7) is 8.62. The Hall–Kier alpha value is -0.240. The second kappa shape index (κ2) is 7.25. The van der Waals surface area contributed by atoms with Crippen LogP contribution in [0.25, 0.3) is 0 Å². The van der Waals surface area contributed by atoms with E-state index in [1.807, 2.05) is 12.1 Å². The molecule has 17 heavy (non-hydrogen) atoms. The number of benzene rings is 1. The molecule has 0 aliphatic heterocycles. The first kappa shape index (κ1) is 14.8. The van der Waals surface area contributed by atoms with Crippen molar-refractivity contribution < 1.29 is 0 Å². The van der Waals surface area contributed by atoms with Gasteiger partial charge in [-0.15, -0.1) is 0 Å². The van der Waals surface area contributed by atoms with Crippen LogP contribution >= 0.6 is 23.2 Å². The molecule has 1 aromatic rings. The highest BCUT2D eigenvalue weighted by Gasteiger charge is 2.18. The standard InChI is InChI=1S/C14H21Cl2N/c1-4-10(3)12(9-17-5-2)11-6-7-13(15)14(16)8-11/h6-8,10,12,17H,4-5,9H2,1-3H3. The molecule has 0 heterocycles. The maximum absolute atomic E-state index is 6.09. The summed E-state index contributed by atoms with van der Waals surface area (Å²) < 4.78 is 0. The molecule has 0 fully saturated rings. The van der Waals surface area contributed by atoms with Gasteiger partial charge in [-0.3, -0.25) is 0 Å². The molecule has 2 unspecified atom stereocenters. The molecule has 0 spiro atoms. The molecule has 96 valence electrons. The fraction of sp³-hybridized carbons (Fsp3) is 0.571. The van der Waals surface area contributed by atoms with Crippen molar-refractivity contribution in [2.24, 2.45) is 5.92 Å². The first-order valence-electron chi connectivity index (χ1n) is 6.25. The monoisotopic (exact) mass is 273 g/mol. The van der Waals surface area contributed by atoms with E-state index < -0.39 is 0 Å². The van der Waals surface area contributed by atoms with E-state index in [0.29, 0.717) is 21.9 Å². The Morgan fingerprint density at radius 1 is 1.18 bits per heavy atom. The van der Waals surface area contributed by atoms with Crippen molar-refractivity contribution in [3.05, 3.63) is 33.8 Å². The van der Waals surface area contributed by atoms with E-state index in [2.05, 4.69) is 32.2 Å². The Balaban J connectivity index is 2.91. The third kappa shape index (κ3) is 4.17. The number of hydrogen-bond acceptors (Lipinski definition) is 1. The number of nitrogens with one attached hydrogen (secondary N) is 1. The average Bonchev–Trinajstić information content (AvgIpc) is 2.33. The molecule has 0 aromatic heterocycles. The van der Waals surface area contributed by atoms with Crippen molar-refractivity contribution in [1.82, 2.24) is 5.32 Å². The Labute approximate surface area is 115 Å². The predicted molar refractivity (Wildman–Crippen MR) is 77.2 cm³/mol. The summed E-state index contributed by atoms with van der Waals surface area (Å²) in [4.78, 5) is 0. The summed E-state index contributed by atoms with van der Waals surface area (Å²) in [6, 6.07) is 5.97. The lowest BCUT2D eigenvalue weighted by Gasteiger charge is -2.24. The van der Waals surface area contributed by atoms with Crippen LogP contribution < -0.4 is 5.32 Å². The molecular weight excluding hydrogens is 253 g/mol. The zero-order valence-electron chi connectivity index (χ0n) is 10.8. The highest BCUT2D eigenvalue weighted by molar-refractivity contribution is 6.42. The predicted octanol–water partition coefficient (Wildman–Crippen LogP) is 4.73. The molecule has 0 aliphatic carbocycles. The van der Waals surface area contributed by atoms with Crippen LogP contribution in [0.15, 0.2) is 18.2 Å². The van der Waals surface area contributed by atoms with Crippen LogP contribution in [0.5, 0.6) is 0 Å². The van der Waals surface area contributed by atoms with E-state index in [-0.39, 0.29) is 0 Å². The van der Waals surface area contributed by atoms with Gasteiger partial charge in [-0.1, -0.05) is 56.5 Å². The molecular formula is C14H21Cl2N. The summed E-state index contributed by atoms with van der Waals surface area (Å²) in [6.07, 6.45) is 1.16. The van der Waals surface area contributed by atoms with Crippen molar-refractivity contribution in [3.8, 4) is 0 Å². The minimum absolute atomic E-state index is 0.495. The minimum Gasteiger partial charge on any atom is -0.316 e. The molecule has 0 bridgehead atoms. The minimum atomic E-state index is 0.495. The molecule has 0 saturated carbocycles. The van der Waals surface area contributed by atoms with Gasteiger partial charge in [-0.05, 0) is 36.1 Å². The van der Waals surface area contributed by atoms with Crippen LogP contribution in [0.2, 0.25) is 10.0 Å². The fourth-order valence-electron chi connectivity index (χ4n) is 1.97. The van der Waals surface area contributed by atoms with E-state index in [1.54, 1.807) is 0 Å². The van der Waals surface area contributed by atoms with Crippen LogP contribution in [-0.2, 0) is 0 Å². The second-order valence-electron chi connectivity index (χ2n) is 4.47. The Morgan fingerprint density at radius 3 is 2.41 bits per heavy atom. The van der Waals surface area contributed by atoms with E-state index >= 15 is 0 Å². The van der Waals surface area contributed by atoms with Crippen LogP contribution in [0.4, 0.5) is 0 Å².